The molecule has 0 heterocycles. The first-order valence-electron chi connectivity index (χ1n) is 34.8. The fourth-order valence-electron chi connectivity index (χ4n) is 12.4. The Bertz CT molecular complexity index is 3100. The quantitative estimate of drug-likeness (QED) is 0.0303. The highest BCUT2D eigenvalue weighted by Gasteiger charge is 2.47. The Balaban J connectivity index is 1.87. The molecule has 0 saturated carbocycles. The predicted octanol–water partition coefficient (Wildman–Crippen LogP) is 6.94. The van der Waals surface area contributed by atoms with Crippen LogP contribution in [0, 0.1) is 35.5 Å². The normalized spacial score (nSPS) is 15.4. The number of likely N-dealkylation sites (N-methyl/N-ethyl adjacent to an activating group) is 6. The Kier molecular flexibility index (Phi) is 33.8. The summed E-state index contributed by atoms with van der Waals surface area (Å²) in [6, 6.07) is 4.76. The van der Waals surface area contributed by atoms with E-state index in [1.54, 1.807) is 61.6 Å². The first kappa shape index (κ1) is 84.8. The lowest BCUT2D eigenvalue weighted by atomic mass is 9.91. The highest BCUT2D eigenvalue weighted by molar-refractivity contribution is 5.98. The van der Waals surface area contributed by atoms with Crippen LogP contribution in [0.4, 0.5) is 4.79 Å². The molecule has 0 fully saturated rings. The second kappa shape index (κ2) is 39.4. The largest absolute Gasteiger partial charge is 0.462 e. The van der Waals surface area contributed by atoms with Crippen molar-refractivity contribution in [3.05, 3.63) is 71.8 Å². The number of nitrogens with one attached hydrogen (secondary N) is 4. The summed E-state index contributed by atoms with van der Waals surface area (Å²) in [5, 5.41) is 10.9. The van der Waals surface area contributed by atoms with Gasteiger partial charge in [0.25, 0.3) is 0 Å². The van der Waals surface area contributed by atoms with E-state index in [-0.39, 0.29) is 75.0 Å². The first-order valence-corrected chi connectivity index (χ1v) is 34.8. The van der Waals surface area contributed by atoms with Crippen LogP contribution in [0.25, 0.3) is 11.1 Å². The maximum absolute atomic E-state index is 15.3. The number of alkyl carbamates (subject to hydrolysis) is 1. The van der Waals surface area contributed by atoms with E-state index in [4.69, 9.17) is 14.2 Å². The second-order valence-corrected chi connectivity index (χ2v) is 28.4. The molecule has 10 amide bonds. The van der Waals surface area contributed by atoms with Crippen molar-refractivity contribution in [3.63, 3.8) is 0 Å². The van der Waals surface area contributed by atoms with Crippen LogP contribution in [-0.4, -0.2) is 223 Å². The van der Waals surface area contributed by atoms with Gasteiger partial charge in [0.1, 0.15) is 73.7 Å². The zero-order valence-electron chi connectivity index (χ0n) is 63.1. The van der Waals surface area contributed by atoms with Crippen molar-refractivity contribution in [1.82, 2.24) is 50.7 Å². The molecule has 4 N–H and O–H groups in total. The molecule has 2 aromatic rings. The first-order chi connectivity index (χ1) is 46.2. The number of ether oxygens (including phenoxy) is 3. The maximum atomic E-state index is 15.3. The van der Waals surface area contributed by atoms with Gasteiger partial charge in [-0.3, -0.25) is 47.9 Å². The molecule has 552 valence electrons. The van der Waals surface area contributed by atoms with E-state index in [0.29, 0.717) is 6.42 Å². The van der Waals surface area contributed by atoms with E-state index in [2.05, 4.69) is 21.3 Å². The van der Waals surface area contributed by atoms with Gasteiger partial charge < -0.3 is 64.9 Å². The van der Waals surface area contributed by atoms with Gasteiger partial charge in [-0.2, -0.15) is 0 Å². The Morgan fingerprint density at radius 3 is 1.46 bits per heavy atom. The molecule has 0 aliphatic heterocycles. The van der Waals surface area contributed by atoms with Crippen molar-refractivity contribution in [3.8, 4) is 11.1 Å². The van der Waals surface area contributed by atoms with E-state index in [1.807, 2.05) is 96.1 Å². The van der Waals surface area contributed by atoms with Crippen LogP contribution in [0.2, 0.25) is 0 Å². The van der Waals surface area contributed by atoms with Gasteiger partial charge in [0.15, 0.2) is 0 Å². The molecule has 0 unspecified atom stereocenters. The van der Waals surface area contributed by atoms with E-state index in [0.717, 1.165) is 27.2 Å². The number of amides is 10. The number of esters is 2. The van der Waals surface area contributed by atoms with Crippen LogP contribution in [0.3, 0.4) is 0 Å². The average Bonchev–Trinajstić information content (AvgIpc) is 1.66. The summed E-state index contributed by atoms with van der Waals surface area (Å²) in [6.45, 7) is 28.7. The molecule has 1 aliphatic rings. The third-order valence-electron chi connectivity index (χ3n) is 18.3. The molecule has 11 atom stereocenters. The van der Waals surface area contributed by atoms with Gasteiger partial charge in [-0.15, -0.1) is 0 Å². The summed E-state index contributed by atoms with van der Waals surface area (Å²) < 4.78 is 17.1. The highest BCUT2D eigenvalue weighted by atomic mass is 16.6. The second-order valence-electron chi connectivity index (χ2n) is 28.4. The van der Waals surface area contributed by atoms with Crippen LogP contribution in [0.1, 0.15) is 167 Å². The molecule has 1 aliphatic carbocycles. The zero-order valence-corrected chi connectivity index (χ0v) is 63.1. The minimum Gasteiger partial charge on any atom is -0.462 e. The van der Waals surface area contributed by atoms with Crippen LogP contribution in [0.5, 0.6) is 0 Å². The van der Waals surface area contributed by atoms with Gasteiger partial charge in [-0.25, -0.2) is 9.59 Å². The van der Waals surface area contributed by atoms with Gasteiger partial charge in [0.2, 0.25) is 53.2 Å². The molecule has 99 heavy (non-hydrogen) atoms. The summed E-state index contributed by atoms with van der Waals surface area (Å²) in [4.78, 5) is 177. The molecule has 0 radical (unpaired) electrons. The average molecular weight is 1390 g/mol. The van der Waals surface area contributed by atoms with Crippen molar-refractivity contribution in [1.29, 1.82) is 0 Å². The summed E-state index contributed by atoms with van der Waals surface area (Å²) in [7, 11) is 8.68. The highest BCUT2D eigenvalue weighted by Crippen LogP contribution is 2.44. The minimum absolute atomic E-state index is 0.0251. The molecule has 0 saturated heterocycles. The minimum atomic E-state index is -1.56. The van der Waals surface area contributed by atoms with Crippen molar-refractivity contribution < 1.29 is 71.7 Å². The molecule has 0 spiro atoms. The molecule has 2 aromatic carbocycles. The fraction of sp³-hybridized carbons (Fsp3) is 0.649. The van der Waals surface area contributed by atoms with E-state index in [1.165, 1.54) is 87.4 Å². The van der Waals surface area contributed by atoms with Gasteiger partial charge in [-0.05, 0) is 111 Å². The maximum Gasteiger partial charge on any atom is 0.407 e. The zero-order chi connectivity index (χ0) is 75.2. The number of carbonyl (C=O) groups is 12. The number of hydrogen-bond donors (Lipinski definition) is 4. The SMILES string of the molecule is C/C=C/C[C@@H](C)[C@@H](OC(C)=O)[C@@H](C(=O)N[C@@H](CC)C(=O)OCCN(C)C(C)=O)N(C)C(=O)[C@H](C(C)C)N(C)C(=O)[C@H](CC(C)C)N(C)C(=O)[C@H](CC(C)C)N(C)C(=O)[C@@H](C)NC(=O)[C@H](C)NC(=O)[C@H](CC(C)C)N(C)C(=O)[C@@H](NC(=O)OCC1c2ccccc2-c2ccccc21)C(C)C. The van der Waals surface area contributed by atoms with Crippen LogP contribution in [-0.2, 0) is 67.0 Å². The Labute approximate surface area is 587 Å². The third-order valence-corrected chi connectivity index (χ3v) is 18.3. The predicted molar refractivity (Wildman–Crippen MR) is 379 cm³/mol. The van der Waals surface area contributed by atoms with Crippen molar-refractivity contribution >= 4 is 71.2 Å². The lowest BCUT2D eigenvalue weighted by Gasteiger charge is -2.42. The number of nitrogens with zero attached hydrogens (tertiary/aromatic N) is 6. The third kappa shape index (κ3) is 23.6. The van der Waals surface area contributed by atoms with Crippen LogP contribution in [0.15, 0.2) is 60.7 Å². The molecule has 25 heteroatoms. The van der Waals surface area contributed by atoms with Gasteiger partial charge in [0, 0.05) is 62.1 Å². The van der Waals surface area contributed by atoms with Gasteiger partial charge in [-0.1, -0.05) is 144 Å². The fourth-order valence-corrected chi connectivity index (χ4v) is 12.4. The number of fused-ring (bicyclic) bond motifs is 3. The number of hydrogen-bond acceptors (Lipinski definition) is 15. The molecular formula is C74H116N10O15. The number of carbonyl (C=O) groups excluding carboxylic acids is 12. The molecule has 0 bridgehead atoms. The summed E-state index contributed by atoms with van der Waals surface area (Å²) >= 11 is 0. The Hall–Kier alpha value is -8.38. The van der Waals surface area contributed by atoms with Gasteiger partial charge >= 0.3 is 18.0 Å². The van der Waals surface area contributed by atoms with Crippen molar-refractivity contribution in [2.45, 2.75) is 216 Å². The summed E-state index contributed by atoms with van der Waals surface area (Å²) in [6.07, 6.45) is 2.35. The molecular weight excluding hydrogens is 1270 g/mol. The smallest absolute Gasteiger partial charge is 0.407 e. The molecule has 3 rings (SSSR count). The van der Waals surface area contributed by atoms with Crippen molar-refractivity contribution in [2.24, 2.45) is 35.5 Å². The number of allylic oxidation sites excluding steroid dienone is 2. The monoisotopic (exact) mass is 1380 g/mol. The number of rotatable bonds is 37. The topological polar surface area (TPSA) is 300 Å². The Morgan fingerprint density at radius 1 is 0.515 bits per heavy atom. The standard InChI is InChI=1S/C74H116N10O15/c1-24-26-31-47(13)64(99-51(17)86)63(67(89)77-57(25-2)73(95)97-37-36-79(18)50(16)85)84(23)72(94)62(46(11)12)83(22)70(92)60(40-44(7)8)82(21)69(91)59(39-43(5)6)81(20)68(90)49(15)76-65(87)48(14)75-66(88)58(38-42(3)4)80(19)71(93)61(45(9)10)78-74(96)98-41-56-54-34-29-27-32-52(54)53-33-28-30-35-55(53)56/h24,26-30,32-35,42-49,56-64H,25,31,36-41H2,1-23H3,(H,75,88)(H,76,87)(H,77,89)(H,78,96)/b26-24+/t47-,48+,49-,57+,58+,59+,60+,61+,62+,63+,64-/m1/s1. The molecule has 0 aromatic heterocycles. The lowest BCUT2D eigenvalue weighted by Crippen LogP contribution is -2.63. The van der Waals surface area contributed by atoms with E-state index >= 15 is 14.4 Å². The van der Waals surface area contributed by atoms with Crippen molar-refractivity contribution in [2.75, 3.05) is 62.0 Å². The summed E-state index contributed by atoms with van der Waals surface area (Å²) in [5.74, 6) is -9.50. The van der Waals surface area contributed by atoms with Gasteiger partial charge in [0.05, 0.1) is 6.54 Å². The Morgan fingerprint density at radius 2 is 0.990 bits per heavy atom. The van der Waals surface area contributed by atoms with Crippen LogP contribution < -0.4 is 21.3 Å². The molecule has 25 nitrogen and oxygen atoms in total. The lowest BCUT2D eigenvalue weighted by molar-refractivity contribution is -0.164. The summed E-state index contributed by atoms with van der Waals surface area (Å²) in [5.41, 5.74) is 4.18. The number of benzene rings is 2. The van der Waals surface area contributed by atoms with Crippen LogP contribution >= 0.6 is 0 Å². The van der Waals surface area contributed by atoms with E-state index < -0.39 is 144 Å². The van der Waals surface area contributed by atoms with E-state index in [9.17, 15) is 43.2 Å².